The van der Waals surface area contributed by atoms with Gasteiger partial charge in [-0.15, -0.1) is 0 Å². The highest BCUT2D eigenvalue weighted by molar-refractivity contribution is 6.35. The number of hydrogen-bond acceptors (Lipinski definition) is 2. The van der Waals surface area contributed by atoms with Crippen molar-refractivity contribution >= 4 is 23.1 Å². The molecule has 0 spiro atoms. The molecule has 98 valence electrons. The second kappa shape index (κ2) is 4.93. The minimum atomic E-state index is -1.20. The quantitative estimate of drug-likeness (QED) is 0.521. The van der Waals surface area contributed by atoms with Crippen molar-refractivity contribution in [1.29, 1.82) is 0 Å². The van der Waals surface area contributed by atoms with Crippen LogP contribution in [-0.2, 0) is 0 Å². The van der Waals surface area contributed by atoms with Crippen LogP contribution in [0.5, 0.6) is 0 Å². The molecule has 0 heterocycles. The lowest BCUT2D eigenvalue weighted by molar-refractivity contribution is 0.103. The van der Waals surface area contributed by atoms with Crippen molar-refractivity contribution in [1.82, 2.24) is 0 Å². The van der Waals surface area contributed by atoms with E-state index in [0.29, 0.717) is 12.1 Å². The molecule has 6 heteroatoms. The fourth-order valence-electron chi connectivity index (χ4n) is 1.58. The number of anilines is 1. The van der Waals surface area contributed by atoms with Crippen LogP contribution in [-0.4, -0.2) is 5.78 Å². The highest BCUT2D eigenvalue weighted by Crippen LogP contribution is 2.25. The topological polar surface area (TPSA) is 43.1 Å². The molecule has 0 fully saturated rings. The highest BCUT2D eigenvalue weighted by Gasteiger charge is 2.18. The summed E-state index contributed by atoms with van der Waals surface area (Å²) in [5.41, 5.74) is 5.13. The molecule has 0 aromatic heterocycles. The van der Waals surface area contributed by atoms with Crippen molar-refractivity contribution < 1.29 is 18.0 Å². The van der Waals surface area contributed by atoms with Crippen molar-refractivity contribution in [2.75, 3.05) is 5.73 Å². The lowest BCUT2D eigenvalue weighted by Crippen LogP contribution is -2.07. The third kappa shape index (κ3) is 2.56. The third-order valence-corrected chi connectivity index (χ3v) is 2.83. The molecule has 2 aromatic rings. The van der Waals surface area contributed by atoms with Crippen LogP contribution in [0.4, 0.5) is 18.9 Å². The van der Waals surface area contributed by atoms with Crippen LogP contribution in [0.1, 0.15) is 15.9 Å². The monoisotopic (exact) mass is 285 g/mol. The van der Waals surface area contributed by atoms with Crippen LogP contribution >= 0.6 is 11.6 Å². The Morgan fingerprint density at radius 1 is 1.00 bits per heavy atom. The molecule has 0 bridgehead atoms. The Morgan fingerprint density at radius 3 is 2.26 bits per heavy atom. The number of carbonyl (C=O) groups is 1. The van der Waals surface area contributed by atoms with Gasteiger partial charge in [-0.25, -0.2) is 13.2 Å². The maximum absolute atomic E-state index is 13.1. The molecule has 0 aliphatic rings. The van der Waals surface area contributed by atoms with Crippen molar-refractivity contribution in [3.63, 3.8) is 0 Å². The molecule has 0 atom stereocenters. The van der Waals surface area contributed by atoms with Crippen molar-refractivity contribution in [2.24, 2.45) is 0 Å². The van der Waals surface area contributed by atoms with E-state index in [1.807, 2.05) is 0 Å². The molecule has 0 unspecified atom stereocenters. The lowest BCUT2D eigenvalue weighted by atomic mass is 10.0. The Balaban J connectivity index is 2.53. The number of nitrogen functional groups attached to an aromatic ring is 1. The SMILES string of the molecule is Nc1cc(F)ccc1C(=O)c1cc(F)c(F)cc1Cl. The van der Waals surface area contributed by atoms with Crippen molar-refractivity contribution in [3.8, 4) is 0 Å². The van der Waals surface area contributed by atoms with Gasteiger partial charge in [0.25, 0.3) is 0 Å². The smallest absolute Gasteiger partial charge is 0.196 e. The number of ketones is 1. The Kier molecular flexibility index (Phi) is 3.48. The number of benzene rings is 2. The van der Waals surface area contributed by atoms with E-state index in [2.05, 4.69) is 0 Å². The number of nitrogens with two attached hydrogens (primary N) is 1. The molecular formula is C13H7ClF3NO. The largest absolute Gasteiger partial charge is 0.398 e. The minimum Gasteiger partial charge on any atom is -0.398 e. The average Bonchev–Trinajstić information content (AvgIpc) is 2.33. The van der Waals surface area contributed by atoms with Gasteiger partial charge in [0.05, 0.1) is 5.02 Å². The number of carbonyl (C=O) groups excluding carboxylic acids is 1. The lowest BCUT2D eigenvalue weighted by Gasteiger charge is -2.07. The van der Waals surface area contributed by atoms with E-state index >= 15 is 0 Å². The fourth-order valence-corrected chi connectivity index (χ4v) is 1.82. The zero-order valence-corrected chi connectivity index (χ0v) is 10.1. The number of hydrogen-bond donors (Lipinski definition) is 1. The molecule has 0 radical (unpaired) electrons. The Bertz CT molecular complexity index is 673. The first-order valence-electron chi connectivity index (χ1n) is 5.14. The molecular weight excluding hydrogens is 279 g/mol. The summed E-state index contributed by atoms with van der Waals surface area (Å²) < 4.78 is 38.9. The Hall–Kier alpha value is -2.01. The van der Waals surface area contributed by atoms with E-state index in [-0.39, 0.29) is 21.8 Å². The van der Waals surface area contributed by atoms with Gasteiger partial charge < -0.3 is 5.73 Å². The van der Waals surface area contributed by atoms with Crippen LogP contribution in [0.3, 0.4) is 0 Å². The zero-order chi connectivity index (χ0) is 14.2. The first kappa shape index (κ1) is 13.4. The van der Waals surface area contributed by atoms with Crippen LogP contribution in [0.15, 0.2) is 30.3 Å². The predicted octanol–water partition coefficient (Wildman–Crippen LogP) is 3.57. The first-order valence-corrected chi connectivity index (χ1v) is 5.52. The minimum absolute atomic E-state index is 0.0330. The summed E-state index contributed by atoms with van der Waals surface area (Å²) in [6, 6.07) is 4.54. The third-order valence-electron chi connectivity index (χ3n) is 2.51. The molecule has 2 aromatic carbocycles. The molecule has 0 aliphatic carbocycles. The highest BCUT2D eigenvalue weighted by atomic mass is 35.5. The summed E-state index contributed by atoms with van der Waals surface area (Å²) in [4.78, 5) is 12.1. The maximum Gasteiger partial charge on any atom is 0.196 e. The van der Waals surface area contributed by atoms with Crippen LogP contribution < -0.4 is 5.73 Å². The van der Waals surface area contributed by atoms with Crippen molar-refractivity contribution in [2.45, 2.75) is 0 Å². The van der Waals surface area contributed by atoms with E-state index < -0.39 is 23.2 Å². The van der Waals surface area contributed by atoms with Gasteiger partial charge in [0.15, 0.2) is 17.4 Å². The van der Waals surface area contributed by atoms with Gasteiger partial charge in [0.1, 0.15) is 5.82 Å². The Labute approximate surface area is 111 Å². The van der Waals surface area contributed by atoms with E-state index in [4.69, 9.17) is 17.3 Å². The molecule has 2 N–H and O–H groups in total. The molecule has 0 aliphatic heterocycles. The van der Waals surface area contributed by atoms with Crippen molar-refractivity contribution in [3.05, 3.63) is 63.9 Å². The summed E-state index contributed by atoms with van der Waals surface area (Å²) in [5.74, 6) is -3.67. The number of rotatable bonds is 2. The van der Waals surface area contributed by atoms with Crippen LogP contribution in [0, 0.1) is 17.5 Å². The van der Waals surface area contributed by atoms with E-state index in [1.165, 1.54) is 0 Å². The second-order valence-corrected chi connectivity index (χ2v) is 4.21. The summed E-state index contributed by atoms with van der Waals surface area (Å²) in [6.07, 6.45) is 0. The van der Waals surface area contributed by atoms with E-state index in [1.54, 1.807) is 0 Å². The maximum atomic E-state index is 13.1. The second-order valence-electron chi connectivity index (χ2n) is 3.81. The van der Waals surface area contributed by atoms with Gasteiger partial charge in [-0.05, 0) is 30.3 Å². The standard InChI is InChI=1S/C13H7ClF3NO/c14-9-5-11(17)10(16)4-8(9)13(19)7-2-1-6(15)3-12(7)18/h1-5H,18H2. The summed E-state index contributed by atoms with van der Waals surface area (Å²) in [5, 5.41) is -0.243. The average molecular weight is 286 g/mol. The fraction of sp³-hybridized carbons (Fsp3) is 0. The van der Waals surface area contributed by atoms with Gasteiger partial charge >= 0.3 is 0 Å². The molecule has 0 saturated heterocycles. The molecule has 2 rings (SSSR count). The predicted molar refractivity (Wildman–Crippen MR) is 65.6 cm³/mol. The van der Waals surface area contributed by atoms with Gasteiger partial charge in [-0.2, -0.15) is 0 Å². The van der Waals surface area contributed by atoms with Gasteiger partial charge in [-0.3, -0.25) is 4.79 Å². The molecule has 2 nitrogen and oxygen atoms in total. The summed E-state index contributed by atoms with van der Waals surface area (Å²) in [7, 11) is 0. The van der Waals surface area contributed by atoms with Gasteiger partial charge in [-0.1, -0.05) is 11.6 Å². The molecule has 0 amide bonds. The number of halogens is 4. The zero-order valence-electron chi connectivity index (χ0n) is 9.38. The van der Waals surface area contributed by atoms with E-state index in [9.17, 15) is 18.0 Å². The normalized spacial score (nSPS) is 10.5. The summed E-state index contributed by atoms with van der Waals surface area (Å²) in [6.45, 7) is 0. The van der Waals surface area contributed by atoms with Crippen LogP contribution in [0.25, 0.3) is 0 Å². The Morgan fingerprint density at radius 2 is 1.63 bits per heavy atom. The van der Waals surface area contributed by atoms with Crippen LogP contribution in [0.2, 0.25) is 5.02 Å². The first-order chi connectivity index (χ1) is 8.90. The molecule has 0 saturated carbocycles. The van der Waals surface area contributed by atoms with Gasteiger partial charge in [0, 0.05) is 16.8 Å². The van der Waals surface area contributed by atoms with Gasteiger partial charge in [0.2, 0.25) is 0 Å². The summed E-state index contributed by atoms with van der Waals surface area (Å²) >= 11 is 5.69. The molecule has 19 heavy (non-hydrogen) atoms. The van der Waals surface area contributed by atoms with E-state index in [0.717, 1.165) is 18.2 Å².